The van der Waals surface area contributed by atoms with E-state index in [-0.39, 0.29) is 0 Å². The summed E-state index contributed by atoms with van der Waals surface area (Å²) in [6.07, 6.45) is 5.42. The number of rotatable bonds is 5. The standard InChI is InChI=1S/C15H23N/c1-3-13-7-9-15(10-8-13)12(2)16-11-14-5-4-6-14/h7-10,12,14,16H,3-6,11H2,1-2H3. The van der Waals surface area contributed by atoms with Crippen LogP contribution >= 0.6 is 0 Å². The zero-order valence-electron chi connectivity index (χ0n) is 10.5. The van der Waals surface area contributed by atoms with E-state index in [0.29, 0.717) is 6.04 Å². The lowest BCUT2D eigenvalue weighted by molar-refractivity contribution is 0.292. The summed E-state index contributed by atoms with van der Waals surface area (Å²) in [5.41, 5.74) is 2.84. The van der Waals surface area contributed by atoms with Gasteiger partial charge in [0.2, 0.25) is 0 Å². The van der Waals surface area contributed by atoms with Gasteiger partial charge in [-0.1, -0.05) is 37.6 Å². The van der Waals surface area contributed by atoms with Gasteiger partial charge in [-0.15, -0.1) is 0 Å². The molecular formula is C15H23N. The molecule has 1 unspecified atom stereocenters. The number of aryl methyl sites for hydroxylation is 1. The average molecular weight is 217 g/mol. The van der Waals surface area contributed by atoms with Crippen LogP contribution in [0, 0.1) is 5.92 Å². The minimum atomic E-state index is 0.492. The molecule has 0 saturated heterocycles. The summed E-state index contributed by atoms with van der Waals surface area (Å²) in [6.45, 7) is 5.66. The largest absolute Gasteiger partial charge is 0.310 e. The average Bonchev–Trinajstić information content (AvgIpc) is 2.27. The maximum Gasteiger partial charge on any atom is 0.0291 e. The first kappa shape index (κ1) is 11.7. The summed E-state index contributed by atoms with van der Waals surface area (Å²) < 4.78 is 0. The molecule has 1 aromatic rings. The van der Waals surface area contributed by atoms with Crippen LogP contribution in [0.25, 0.3) is 0 Å². The molecule has 1 fully saturated rings. The van der Waals surface area contributed by atoms with Gasteiger partial charge in [-0.3, -0.25) is 0 Å². The van der Waals surface area contributed by atoms with Crippen molar-refractivity contribution in [3.63, 3.8) is 0 Å². The van der Waals surface area contributed by atoms with E-state index in [1.807, 2.05) is 0 Å². The molecule has 1 aromatic carbocycles. The Morgan fingerprint density at radius 2 is 1.94 bits per heavy atom. The van der Waals surface area contributed by atoms with Gasteiger partial charge in [0.25, 0.3) is 0 Å². The Balaban J connectivity index is 1.84. The van der Waals surface area contributed by atoms with Crippen LogP contribution in [-0.2, 0) is 6.42 Å². The van der Waals surface area contributed by atoms with Crippen LogP contribution in [0.5, 0.6) is 0 Å². The fourth-order valence-electron chi connectivity index (χ4n) is 2.20. The molecule has 16 heavy (non-hydrogen) atoms. The first-order chi connectivity index (χ1) is 7.79. The minimum absolute atomic E-state index is 0.492. The van der Waals surface area contributed by atoms with Crippen LogP contribution < -0.4 is 5.32 Å². The molecule has 1 atom stereocenters. The molecule has 1 saturated carbocycles. The van der Waals surface area contributed by atoms with E-state index in [9.17, 15) is 0 Å². The van der Waals surface area contributed by atoms with Crippen LogP contribution in [0.1, 0.15) is 50.3 Å². The van der Waals surface area contributed by atoms with Gasteiger partial charge >= 0.3 is 0 Å². The summed E-state index contributed by atoms with van der Waals surface area (Å²) in [4.78, 5) is 0. The van der Waals surface area contributed by atoms with E-state index in [1.165, 1.54) is 36.9 Å². The molecule has 1 aliphatic rings. The van der Waals surface area contributed by atoms with Crippen molar-refractivity contribution in [2.24, 2.45) is 5.92 Å². The topological polar surface area (TPSA) is 12.0 Å². The van der Waals surface area contributed by atoms with Crippen molar-refractivity contribution >= 4 is 0 Å². The molecule has 1 aliphatic carbocycles. The Labute approximate surface area is 99.3 Å². The van der Waals surface area contributed by atoms with Gasteiger partial charge in [0.05, 0.1) is 0 Å². The molecule has 0 spiro atoms. The van der Waals surface area contributed by atoms with Gasteiger partial charge in [-0.2, -0.15) is 0 Å². The third-order valence-electron chi connectivity index (χ3n) is 3.83. The van der Waals surface area contributed by atoms with Gasteiger partial charge in [0, 0.05) is 6.04 Å². The zero-order valence-corrected chi connectivity index (χ0v) is 10.5. The van der Waals surface area contributed by atoms with E-state index in [2.05, 4.69) is 43.4 Å². The van der Waals surface area contributed by atoms with Gasteiger partial charge < -0.3 is 5.32 Å². The SMILES string of the molecule is CCc1ccc(C(C)NCC2CCC2)cc1. The number of hydrogen-bond donors (Lipinski definition) is 1. The van der Waals surface area contributed by atoms with Crippen molar-refractivity contribution in [3.8, 4) is 0 Å². The molecule has 1 nitrogen and oxygen atoms in total. The van der Waals surface area contributed by atoms with Crippen molar-refractivity contribution in [3.05, 3.63) is 35.4 Å². The number of benzene rings is 1. The summed E-state index contributed by atoms with van der Waals surface area (Å²) in [6, 6.07) is 9.51. The summed E-state index contributed by atoms with van der Waals surface area (Å²) in [7, 11) is 0. The quantitative estimate of drug-likeness (QED) is 0.793. The Morgan fingerprint density at radius 1 is 1.25 bits per heavy atom. The monoisotopic (exact) mass is 217 g/mol. The molecule has 88 valence electrons. The van der Waals surface area contributed by atoms with Crippen molar-refractivity contribution in [1.29, 1.82) is 0 Å². The summed E-state index contributed by atoms with van der Waals surface area (Å²) >= 11 is 0. The molecular weight excluding hydrogens is 194 g/mol. The number of nitrogens with one attached hydrogen (secondary N) is 1. The zero-order chi connectivity index (χ0) is 11.4. The van der Waals surface area contributed by atoms with Gasteiger partial charge in [-0.05, 0) is 49.8 Å². The molecule has 2 rings (SSSR count). The van der Waals surface area contributed by atoms with E-state index in [1.54, 1.807) is 0 Å². The molecule has 1 heteroatoms. The van der Waals surface area contributed by atoms with Gasteiger partial charge in [0.15, 0.2) is 0 Å². The molecule has 0 aliphatic heterocycles. The maximum atomic E-state index is 3.64. The second kappa shape index (κ2) is 5.49. The van der Waals surface area contributed by atoms with E-state index >= 15 is 0 Å². The van der Waals surface area contributed by atoms with Gasteiger partial charge in [-0.25, -0.2) is 0 Å². The highest BCUT2D eigenvalue weighted by atomic mass is 14.9. The third-order valence-corrected chi connectivity index (χ3v) is 3.83. The minimum Gasteiger partial charge on any atom is -0.310 e. The van der Waals surface area contributed by atoms with Crippen molar-refractivity contribution in [1.82, 2.24) is 5.32 Å². The predicted molar refractivity (Wildman–Crippen MR) is 69.6 cm³/mol. The lowest BCUT2D eigenvalue weighted by atomic mass is 9.85. The number of hydrogen-bond acceptors (Lipinski definition) is 1. The summed E-state index contributed by atoms with van der Waals surface area (Å²) in [5, 5.41) is 3.64. The molecule has 0 bridgehead atoms. The second-order valence-electron chi connectivity index (χ2n) is 5.02. The molecule has 0 radical (unpaired) electrons. The van der Waals surface area contributed by atoms with Crippen LogP contribution in [0.15, 0.2) is 24.3 Å². The second-order valence-corrected chi connectivity index (χ2v) is 5.02. The summed E-state index contributed by atoms with van der Waals surface area (Å²) in [5.74, 6) is 0.942. The van der Waals surface area contributed by atoms with E-state index in [0.717, 1.165) is 12.3 Å². The molecule has 1 N–H and O–H groups in total. The maximum absolute atomic E-state index is 3.64. The highest BCUT2D eigenvalue weighted by Crippen LogP contribution is 2.26. The molecule has 0 heterocycles. The van der Waals surface area contributed by atoms with Crippen LogP contribution in [0.3, 0.4) is 0 Å². The Morgan fingerprint density at radius 3 is 2.44 bits per heavy atom. The molecule has 0 amide bonds. The van der Waals surface area contributed by atoms with Crippen LogP contribution in [0.4, 0.5) is 0 Å². The fourth-order valence-corrected chi connectivity index (χ4v) is 2.20. The fraction of sp³-hybridized carbons (Fsp3) is 0.600. The Hall–Kier alpha value is -0.820. The predicted octanol–water partition coefficient (Wildman–Crippen LogP) is 3.70. The highest BCUT2D eigenvalue weighted by molar-refractivity contribution is 5.24. The first-order valence-corrected chi connectivity index (χ1v) is 6.62. The smallest absolute Gasteiger partial charge is 0.0291 e. The molecule has 0 aromatic heterocycles. The lowest BCUT2D eigenvalue weighted by Crippen LogP contribution is -2.29. The van der Waals surface area contributed by atoms with E-state index < -0.39 is 0 Å². The van der Waals surface area contributed by atoms with Gasteiger partial charge in [0.1, 0.15) is 0 Å². The first-order valence-electron chi connectivity index (χ1n) is 6.62. The van der Waals surface area contributed by atoms with Crippen molar-refractivity contribution in [2.45, 2.75) is 45.6 Å². The van der Waals surface area contributed by atoms with Crippen molar-refractivity contribution < 1.29 is 0 Å². The van der Waals surface area contributed by atoms with Crippen LogP contribution in [-0.4, -0.2) is 6.54 Å². The van der Waals surface area contributed by atoms with E-state index in [4.69, 9.17) is 0 Å². The van der Waals surface area contributed by atoms with Crippen molar-refractivity contribution in [2.75, 3.05) is 6.54 Å². The van der Waals surface area contributed by atoms with Crippen LogP contribution in [0.2, 0.25) is 0 Å². The Bertz CT molecular complexity index is 311. The lowest BCUT2D eigenvalue weighted by Gasteiger charge is -2.27. The Kier molecular flexibility index (Phi) is 4.00. The third kappa shape index (κ3) is 2.85. The normalized spacial score (nSPS) is 18.1. The highest BCUT2D eigenvalue weighted by Gasteiger charge is 2.17.